The summed E-state index contributed by atoms with van der Waals surface area (Å²) < 4.78 is 0. The lowest BCUT2D eigenvalue weighted by Gasteiger charge is -2.07. The molecular formula is C17H15Cl2NO3S2. The summed E-state index contributed by atoms with van der Waals surface area (Å²) in [5.41, 5.74) is 1.61. The van der Waals surface area contributed by atoms with E-state index in [-0.39, 0.29) is 11.7 Å². The van der Waals surface area contributed by atoms with Crippen molar-refractivity contribution in [1.29, 1.82) is 0 Å². The van der Waals surface area contributed by atoms with Crippen LogP contribution in [0, 0.1) is 0 Å². The van der Waals surface area contributed by atoms with E-state index in [0.717, 1.165) is 10.5 Å². The number of halogens is 2. The molecule has 2 aromatic carbocycles. The first-order valence-electron chi connectivity index (χ1n) is 7.20. The zero-order valence-electron chi connectivity index (χ0n) is 13.0. The number of benzene rings is 2. The Balaban J connectivity index is 1.77. The predicted octanol–water partition coefficient (Wildman–Crippen LogP) is 5.04. The smallest absolute Gasteiger partial charge is 0.313 e. The molecule has 2 N–H and O–H groups in total. The van der Waals surface area contributed by atoms with Crippen LogP contribution < -0.4 is 5.32 Å². The van der Waals surface area contributed by atoms with Crippen molar-refractivity contribution in [3.63, 3.8) is 0 Å². The standard InChI is InChI=1S/C17H15Cl2NO3S2/c18-12-2-1-11(15(19)7-12)8-24-9-16(21)20-13-3-5-14(6-4-13)25-10-17(22)23/h1-7H,8-10H2,(H,20,21)(H,22,23). The topological polar surface area (TPSA) is 66.4 Å². The van der Waals surface area contributed by atoms with Crippen LogP contribution in [0.4, 0.5) is 5.69 Å². The van der Waals surface area contributed by atoms with Crippen LogP contribution in [-0.4, -0.2) is 28.5 Å². The van der Waals surface area contributed by atoms with Gasteiger partial charge in [0.1, 0.15) is 0 Å². The van der Waals surface area contributed by atoms with E-state index in [1.807, 2.05) is 6.07 Å². The molecule has 0 heterocycles. The van der Waals surface area contributed by atoms with E-state index in [0.29, 0.717) is 27.2 Å². The average molecular weight is 416 g/mol. The maximum absolute atomic E-state index is 12.0. The molecule has 0 spiro atoms. The number of hydrogen-bond donors (Lipinski definition) is 2. The third-order valence-corrected chi connectivity index (χ3v) is 5.57. The van der Waals surface area contributed by atoms with Crippen LogP contribution >= 0.6 is 46.7 Å². The van der Waals surface area contributed by atoms with Crippen LogP contribution in [0.25, 0.3) is 0 Å². The van der Waals surface area contributed by atoms with E-state index in [1.54, 1.807) is 36.4 Å². The first kappa shape index (κ1) is 20.0. The van der Waals surface area contributed by atoms with Crippen molar-refractivity contribution in [3.05, 3.63) is 58.1 Å². The van der Waals surface area contributed by atoms with Crippen molar-refractivity contribution in [3.8, 4) is 0 Å². The highest BCUT2D eigenvalue weighted by atomic mass is 35.5. The lowest BCUT2D eigenvalue weighted by atomic mass is 10.2. The van der Waals surface area contributed by atoms with Crippen LogP contribution in [0.15, 0.2) is 47.4 Å². The Hall–Kier alpha value is -1.34. The van der Waals surface area contributed by atoms with Gasteiger partial charge in [0.25, 0.3) is 0 Å². The number of thioether (sulfide) groups is 2. The summed E-state index contributed by atoms with van der Waals surface area (Å²) in [4.78, 5) is 23.3. The highest BCUT2D eigenvalue weighted by Crippen LogP contribution is 2.25. The fraction of sp³-hybridized carbons (Fsp3) is 0.176. The summed E-state index contributed by atoms with van der Waals surface area (Å²) in [5.74, 6) is -0.0423. The molecule has 0 bridgehead atoms. The molecule has 0 aliphatic heterocycles. The molecule has 0 aliphatic carbocycles. The second-order valence-corrected chi connectivity index (χ2v) is 7.86. The van der Waals surface area contributed by atoms with E-state index in [2.05, 4.69) is 5.32 Å². The van der Waals surface area contributed by atoms with Crippen molar-refractivity contribution in [2.24, 2.45) is 0 Å². The molecule has 8 heteroatoms. The molecule has 2 aromatic rings. The number of anilines is 1. The third-order valence-electron chi connectivity index (χ3n) is 3.01. The minimum Gasteiger partial charge on any atom is -0.481 e. The lowest BCUT2D eigenvalue weighted by molar-refractivity contribution is -0.133. The van der Waals surface area contributed by atoms with E-state index in [9.17, 15) is 9.59 Å². The minimum absolute atomic E-state index is 0.00953. The summed E-state index contributed by atoms with van der Waals surface area (Å²) in [6.07, 6.45) is 0. The lowest BCUT2D eigenvalue weighted by Crippen LogP contribution is -2.14. The summed E-state index contributed by atoms with van der Waals surface area (Å²) in [7, 11) is 0. The number of carboxylic acid groups (broad SMARTS) is 1. The van der Waals surface area contributed by atoms with Gasteiger partial charge in [0, 0.05) is 26.4 Å². The molecule has 0 aliphatic rings. The second kappa shape index (κ2) is 9.97. The molecule has 0 saturated heterocycles. The van der Waals surface area contributed by atoms with Crippen LogP contribution in [0.5, 0.6) is 0 Å². The zero-order chi connectivity index (χ0) is 18.2. The van der Waals surface area contributed by atoms with Crippen molar-refractivity contribution in [2.45, 2.75) is 10.6 Å². The van der Waals surface area contributed by atoms with Crippen molar-refractivity contribution in [2.75, 3.05) is 16.8 Å². The van der Waals surface area contributed by atoms with Gasteiger partial charge in [0.2, 0.25) is 5.91 Å². The van der Waals surface area contributed by atoms with Crippen molar-refractivity contribution >= 4 is 64.3 Å². The van der Waals surface area contributed by atoms with E-state index in [1.165, 1.54) is 23.5 Å². The number of nitrogens with one attached hydrogen (secondary N) is 1. The molecule has 0 radical (unpaired) electrons. The van der Waals surface area contributed by atoms with Gasteiger partial charge in [-0.3, -0.25) is 9.59 Å². The second-order valence-electron chi connectivity index (χ2n) is 4.98. The number of carbonyl (C=O) groups is 2. The predicted molar refractivity (Wildman–Crippen MR) is 106 cm³/mol. The van der Waals surface area contributed by atoms with Gasteiger partial charge in [0.15, 0.2) is 0 Å². The highest BCUT2D eigenvalue weighted by Gasteiger charge is 2.06. The summed E-state index contributed by atoms with van der Waals surface area (Å²) in [5, 5.41) is 12.6. The highest BCUT2D eigenvalue weighted by molar-refractivity contribution is 8.00. The van der Waals surface area contributed by atoms with E-state index >= 15 is 0 Å². The number of aliphatic carboxylic acids is 1. The molecular weight excluding hydrogens is 401 g/mol. The first-order valence-corrected chi connectivity index (χ1v) is 10.1. The fourth-order valence-electron chi connectivity index (χ4n) is 1.87. The minimum atomic E-state index is -0.861. The normalized spacial score (nSPS) is 10.5. The maximum atomic E-state index is 12.0. The van der Waals surface area contributed by atoms with Crippen LogP contribution in [0.1, 0.15) is 5.56 Å². The summed E-state index contributed by atoms with van der Waals surface area (Å²) in [6, 6.07) is 12.4. The van der Waals surface area contributed by atoms with Gasteiger partial charge in [-0.05, 0) is 42.0 Å². The number of amides is 1. The van der Waals surface area contributed by atoms with E-state index < -0.39 is 5.97 Å². The van der Waals surface area contributed by atoms with Crippen LogP contribution in [0.2, 0.25) is 10.0 Å². The summed E-state index contributed by atoms with van der Waals surface area (Å²) in [6.45, 7) is 0. The molecule has 0 unspecified atom stereocenters. The molecule has 0 atom stereocenters. The van der Waals surface area contributed by atoms with E-state index in [4.69, 9.17) is 28.3 Å². The van der Waals surface area contributed by atoms with Gasteiger partial charge in [0.05, 0.1) is 11.5 Å². The fourth-order valence-corrected chi connectivity index (χ4v) is 3.87. The Morgan fingerprint density at radius 3 is 2.40 bits per heavy atom. The molecule has 132 valence electrons. The molecule has 1 amide bonds. The SMILES string of the molecule is O=C(O)CSc1ccc(NC(=O)CSCc2ccc(Cl)cc2Cl)cc1. The Labute approximate surface area is 164 Å². The van der Waals surface area contributed by atoms with Gasteiger partial charge >= 0.3 is 5.97 Å². The molecule has 4 nitrogen and oxygen atoms in total. The largest absolute Gasteiger partial charge is 0.481 e. The molecule has 0 aromatic heterocycles. The van der Waals surface area contributed by atoms with Gasteiger partial charge in [-0.1, -0.05) is 29.3 Å². The maximum Gasteiger partial charge on any atom is 0.313 e. The molecule has 0 saturated carbocycles. The van der Waals surface area contributed by atoms with Gasteiger partial charge < -0.3 is 10.4 Å². The Morgan fingerprint density at radius 2 is 1.76 bits per heavy atom. The van der Waals surface area contributed by atoms with Gasteiger partial charge in [-0.2, -0.15) is 0 Å². The van der Waals surface area contributed by atoms with Crippen molar-refractivity contribution in [1.82, 2.24) is 0 Å². The van der Waals surface area contributed by atoms with Gasteiger partial charge in [-0.15, -0.1) is 23.5 Å². The Kier molecular flexibility index (Phi) is 7.96. The van der Waals surface area contributed by atoms with Crippen molar-refractivity contribution < 1.29 is 14.7 Å². The monoisotopic (exact) mass is 415 g/mol. The van der Waals surface area contributed by atoms with Gasteiger partial charge in [-0.25, -0.2) is 0 Å². The first-order chi connectivity index (χ1) is 11.9. The quantitative estimate of drug-likeness (QED) is 0.590. The zero-order valence-corrected chi connectivity index (χ0v) is 16.1. The number of hydrogen-bond acceptors (Lipinski definition) is 4. The molecule has 0 fully saturated rings. The Morgan fingerprint density at radius 1 is 1.04 bits per heavy atom. The molecule has 25 heavy (non-hydrogen) atoms. The number of rotatable bonds is 8. The number of carbonyl (C=O) groups excluding carboxylic acids is 1. The van der Waals surface area contributed by atoms with Crippen LogP contribution in [0.3, 0.4) is 0 Å². The Bertz CT molecular complexity index is 754. The molecule has 2 rings (SSSR count). The third kappa shape index (κ3) is 7.20. The van der Waals surface area contributed by atoms with Crippen LogP contribution in [-0.2, 0) is 15.3 Å². The number of carboxylic acids is 1. The summed E-state index contributed by atoms with van der Waals surface area (Å²) >= 11 is 14.6. The average Bonchev–Trinajstić information content (AvgIpc) is 2.56.